The quantitative estimate of drug-likeness (QED) is 0.458. The minimum Gasteiger partial charge on any atom is -0.338 e. The second-order valence-electron chi connectivity index (χ2n) is 1.90. The summed E-state index contributed by atoms with van der Waals surface area (Å²) in [5.41, 5.74) is 4.29. The highest BCUT2D eigenvalue weighted by Gasteiger charge is 2.23. The molecule has 1 unspecified atom stereocenters. The second-order valence-corrected chi connectivity index (χ2v) is 3.31. The average molecular weight is 203 g/mol. The zero-order valence-corrected chi connectivity index (χ0v) is 7.57. The molecule has 1 fully saturated rings. The highest BCUT2D eigenvalue weighted by atomic mass is 31.2. The molecule has 1 rings (SSSR count). The van der Waals surface area contributed by atoms with Gasteiger partial charge < -0.3 is 19.2 Å². The fourth-order valence-electron chi connectivity index (χ4n) is 0.328. The lowest BCUT2D eigenvalue weighted by molar-refractivity contribution is 0.270. The van der Waals surface area contributed by atoms with E-state index in [-0.39, 0.29) is 6.10 Å². The van der Waals surface area contributed by atoms with Gasteiger partial charge in [-0.25, -0.2) is 0 Å². The Kier molecular flexibility index (Phi) is 6.28. The van der Waals surface area contributed by atoms with Gasteiger partial charge in [-0.2, -0.15) is 0 Å². The van der Waals surface area contributed by atoms with Gasteiger partial charge in [0.25, 0.3) is 0 Å². The van der Waals surface area contributed by atoms with Crippen molar-refractivity contribution >= 4 is 16.8 Å². The third-order valence-corrected chi connectivity index (χ3v) is 1.33. The number of hydrogen-bond donors (Lipinski definition) is 4. The zero-order valence-electron chi connectivity index (χ0n) is 5.67. The summed E-state index contributed by atoms with van der Waals surface area (Å²) < 4.78 is 14.3. The Balaban J connectivity index is 0.000000218. The van der Waals surface area contributed by atoms with E-state index in [2.05, 4.69) is 10.0 Å². The van der Waals surface area contributed by atoms with Crippen LogP contribution in [0.3, 0.4) is 0 Å². The van der Waals surface area contributed by atoms with E-state index in [1.54, 1.807) is 0 Å². The summed E-state index contributed by atoms with van der Waals surface area (Å²) >= 11 is 0. The van der Waals surface area contributed by atoms with Crippen LogP contribution in [0.25, 0.3) is 0 Å². The Hall–Kier alpha value is 0.460. The van der Waals surface area contributed by atoms with E-state index in [1.807, 2.05) is 0 Å². The maximum Gasteiger partial charge on any atom is 0.316 e. The second kappa shape index (κ2) is 6.03. The first-order chi connectivity index (χ1) is 5.02. The van der Waals surface area contributed by atoms with Crippen LogP contribution in [0.4, 0.5) is 0 Å². The summed E-state index contributed by atoms with van der Waals surface area (Å²) in [7, 11) is -4.74. The van der Waals surface area contributed by atoms with Crippen molar-refractivity contribution in [1.29, 1.82) is 0 Å². The molecular weight excluding hydrogens is 192 g/mol. The zero-order chi connectivity index (χ0) is 8.85. The molecule has 1 saturated carbocycles. The first-order valence-corrected chi connectivity index (χ1v) is 5.42. The SMILES string of the molecule is NP(O)O.O=[PH](O)OC1CC1. The van der Waals surface area contributed by atoms with E-state index in [9.17, 15) is 4.57 Å². The van der Waals surface area contributed by atoms with Crippen molar-refractivity contribution in [2.24, 2.45) is 5.50 Å². The molecule has 0 saturated heterocycles. The molecule has 5 N–H and O–H groups in total. The van der Waals surface area contributed by atoms with Crippen molar-refractivity contribution in [2.45, 2.75) is 18.9 Å². The molecule has 1 aliphatic carbocycles. The summed E-state index contributed by atoms with van der Waals surface area (Å²) in [6.45, 7) is 0. The lowest BCUT2D eigenvalue weighted by Crippen LogP contribution is -1.78. The van der Waals surface area contributed by atoms with Gasteiger partial charge in [0, 0.05) is 0 Å². The van der Waals surface area contributed by atoms with Crippen LogP contribution in [0.2, 0.25) is 0 Å². The van der Waals surface area contributed by atoms with Gasteiger partial charge in [0.15, 0.2) is 0 Å². The van der Waals surface area contributed by atoms with Crippen LogP contribution in [0.5, 0.6) is 0 Å². The van der Waals surface area contributed by atoms with Gasteiger partial charge in [0.2, 0.25) is 8.53 Å². The monoisotopic (exact) mass is 203 g/mol. The number of rotatable bonds is 2. The Morgan fingerprint density at radius 2 is 1.91 bits per heavy atom. The summed E-state index contributed by atoms with van der Waals surface area (Å²) in [4.78, 5) is 23.0. The molecule has 0 heterocycles. The first-order valence-electron chi connectivity index (χ1n) is 2.84. The van der Waals surface area contributed by atoms with E-state index in [0.717, 1.165) is 12.8 Å². The van der Waals surface area contributed by atoms with Gasteiger partial charge >= 0.3 is 8.25 Å². The van der Waals surface area contributed by atoms with Crippen LogP contribution in [0.15, 0.2) is 0 Å². The predicted octanol–water partition coefficient (Wildman–Crippen LogP) is -0.296. The van der Waals surface area contributed by atoms with E-state index < -0.39 is 16.8 Å². The van der Waals surface area contributed by atoms with Gasteiger partial charge in [-0.15, -0.1) is 0 Å². The summed E-state index contributed by atoms with van der Waals surface area (Å²) in [6.07, 6.45) is 2.02. The molecule has 0 aromatic carbocycles. The molecule has 6 nitrogen and oxygen atoms in total. The fraction of sp³-hybridized carbons (Fsp3) is 1.00. The van der Waals surface area contributed by atoms with E-state index in [4.69, 9.17) is 14.7 Å². The molecule has 0 bridgehead atoms. The number of hydrogen-bond acceptors (Lipinski definition) is 5. The number of nitrogens with two attached hydrogens (primary N) is 1. The Labute approximate surface area is 65.9 Å². The van der Waals surface area contributed by atoms with Crippen LogP contribution < -0.4 is 5.50 Å². The highest BCUT2D eigenvalue weighted by Crippen LogP contribution is 2.32. The molecule has 0 aliphatic heterocycles. The largest absolute Gasteiger partial charge is 0.338 e. The van der Waals surface area contributed by atoms with Crippen molar-refractivity contribution < 1.29 is 23.8 Å². The average Bonchev–Trinajstić information content (AvgIpc) is 2.45. The Morgan fingerprint density at radius 3 is 2.00 bits per heavy atom. The van der Waals surface area contributed by atoms with E-state index >= 15 is 0 Å². The normalized spacial score (nSPS) is 19.0. The standard InChI is InChI=1S/C3H7O3P.H4NO2P/c4-7(5)6-3-1-2-3;1-4(2)3/h3,7H,1-2H2,(H,4,5);2-3H,1H2. The highest BCUT2D eigenvalue weighted by molar-refractivity contribution is 7.42. The van der Waals surface area contributed by atoms with Gasteiger partial charge in [-0.3, -0.25) is 10.1 Å². The molecule has 0 aromatic heterocycles. The van der Waals surface area contributed by atoms with Crippen molar-refractivity contribution in [3.63, 3.8) is 0 Å². The van der Waals surface area contributed by atoms with Gasteiger partial charge in [0.05, 0.1) is 6.10 Å². The first kappa shape index (κ1) is 11.5. The molecule has 1 atom stereocenters. The topological polar surface area (TPSA) is 113 Å². The Morgan fingerprint density at radius 1 is 1.55 bits per heavy atom. The van der Waals surface area contributed by atoms with Crippen LogP contribution in [-0.4, -0.2) is 20.8 Å². The minimum atomic E-state index is -2.62. The van der Waals surface area contributed by atoms with Crippen LogP contribution in [0.1, 0.15) is 12.8 Å². The lowest BCUT2D eigenvalue weighted by Gasteiger charge is -1.89. The van der Waals surface area contributed by atoms with Crippen LogP contribution in [-0.2, 0) is 9.09 Å². The molecule has 11 heavy (non-hydrogen) atoms. The van der Waals surface area contributed by atoms with Crippen molar-refractivity contribution in [1.82, 2.24) is 0 Å². The molecule has 8 heteroatoms. The van der Waals surface area contributed by atoms with E-state index in [0.29, 0.717) is 0 Å². The van der Waals surface area contributed by atoms with Crippen molar-refractivity contribution in [3.8, 4) is 0 Å². The van der Waals surface area contributed by atoms with Crippen molar-refractivity contribution in [3.05, 3.63) is 0 Å². The van der Waals surface area contributed by atoms with Gasteiger partial charge in [-0.1, -0.05) is 0 Å². The molecule has 1 aliphatic rings. The maximum absolute atomic E-state index is 9.81. The smallest absolute Gasteiger partial charge is 0.316 e. The third-order valence-electron chi connectivity index (χ3n) is 0.792. The Bertz CT molecular complexity index is 124. The molecule has 0 aromatic rings. The summed E-state index contributed by atoms with van der Waals surface area (Å²) in [5.74, 6) is 0. The molecule has 0 radical (unpaired) electrons. The summed E-state index contributed by atoms with van der Waals surface area (Å²) in [5, 5.41) is 0. The molecule has 68 valence electrons. The van der Waals surface area contributed by atoms with E-state index in [1.165, 1.54) is 0 Å². The van der Waals surface area contributed by atoms with Gasteiger partial charge in [0.1, 0.15) is 0 Å². The van der Waals surface area contributed by atoms with Crippen molar-refractivity contribution in [2.75, 3.05) is 0 Å². The van der Waals surface area contributed by atoms with Gasteiger partial charge in [-0.05, 0) is 12.8 Å². The summed E-state index contributed by atoms with van der Waals surface area (Å²) in [6, 6.07) is 0. The molecule has 0 amide bonds. The lowest BCUT2D eigenvalue weighted by atomic mass is 10.9. The third kappa shape index (κ3) is 13.5. The van der Waals surface area contributed by atoms with Crippen LogP contribution in [0, 0.1) is 0 Å². The fourth-order valence-corrected chi connectivity index (χ4v) is 0.849. The predicted molar refractivity (Wildman–Crippen MR) is 40.9 cm³/mol. The maximum atomic E-state index is 9.81. The molecule has 0 spiro atoms. The molecular formula is C3H11NO5P2. The minimum absolute atomic E-state index is 0.108. The van der Waals surface area contributed by atoms with Crippen LogP contribution >= 0.6 is 16.8 Å².